The van der Waals surface area contributed by atoms with Crippen LogP contribution in [0, 0.1) is 21.4 Å². The van der Waals surface area contributed by atoms with Crippen molar-refractivity contribution < 1.29 is 18.9 Å². The van der Waals surface area contributed by atoms with Gasteiger partial charge < -0.3 is 4.42 Å². The number of benzene rings is 1. The summed E-state index contributed by atoms with van der Waals surface area (Å²) in [5.74, 6) is -0.262. The van der Waals surface area contributed by atoms with E-state index in [1.165, 1.54) is 18.2 Å². The molecule has 0 radical (unpaired) electrons. The van der Waals surface area contributed by atoms with Gasteiger partial charge in [-0.05, 0) is 49.8 Å². The minimum Gasteiger partial charge on any atom is -0.457 e. The number of likely N-dealkylation sites (N-methyl/N-ethyl adjacent to an activating group) is 1. The van der Waals surface area contributed by atoms with E-state index in [1.807, 2.05) is 6.07 Å². The number of non-ortho nitro benzene ring substituents is 1. The Kier molecular flexibility index (Phi) is 4.92. The van der Waals surface area contributed by atoms with Gasteiger partial charge in [0.1, 0.15) is 23.2 Å². The monoisotopic (exact) mass is 377 g/mol. The number of carbonyl (C=O) groups is 2. The topological polar surface area (TPSA) is 117 Å². The molecule has 0 bridgehead atoms. The Morgan fingerprint density at radius 1 is 1.18 bits per heavy atom. The van der Waals surface area contributed by atoms with Crippen molar-refractivity contribution in [3.05, 3.63) is 69.0 Å². The maximum Gasteiger partial charge on any atom is 0.271 e. The van der Waals surface area contributed by atoms with Crippen molar-refractivity contribution in [1.29, 1.82) is 5.26 Å². The van der Waals surface area contributed by atoms with E-state index in [4.69, 9.17) is 4.42 Å². The molecule has 0 saturated heterocycles. The van der Waals surface area contributed by atoms with Gasteiger partial charge in [-0.25, -0.2) is 0 Å². The summed E-state index contributed by atoms with van der Waals surface area (Å²) in [5, 5.41) is 20.0. The largest absolute Gasteiger partial charge is 0.457 e. The van der Waals surface area contributed by atoms with Crippen molar-refractivity contribution in [1.82, 2.24) is 4.90 Å². The van der Waals surface area contributed by atoms with Crippen LogP contribution in [0.2, 0.25) is 0 Å². The molecule has 2 aromatic rings. The molecule has 28 heavy (non-hydrogen) atoms. The summed E-state index contributed by atoms with van der Waals surface area (Å²) in [6, 6.07) is 11.1. The van der Waals surface area contributed by atoms with Gasteiger partial charge in [0.2, 0.25) is 0 Å². The standard InChI is InChI=1S/C20H15N3O5/c1-3-22-19(24)16(12(2)17(11-21)20(22)25)10-15-8-9-18(28-15)13-4-6-14(7-5-13)23(26)27/h4-10H,3H2,1-2H3/b16-10+. The van der Waals surface area contributed by atoms with Gasteiger partial charge in [0.15, 0.2) is 0 Å². The third-order valence-corrected chi connectivity index (χ3v) is 4.42. The summed E-state index contributed by atoms with van der Waals surface area (Å²) in [7, 11) is 0. The number of furan rings is 1. The Balaban J connectivity index is 1.99. The third kappa shape index (κ3) is 3.21. The molecule has 8 nitrogen and oxygen atoms in total. The molecule has 1 aromatic heterocycles. The van der Waals surface area contributed by atoms with Crippen molar-refractivity contribution in [2.24, 2.45) is 0 Å². The summed E-state index contributed by atoms with van der Waals surface area (Å²) in [5.41, 5.74) is 1.05. The summed E-state index contributed by atoms with van der Waals surface area (Å²) in [6.07, 6.45) is 1.49. The molecule has 1 aliphatic heterocycles. The zero-order valence-electron chi connectivity index (χ0n) is 15.1. The average molecular weight is 377 g/mol. The van der Waals surface area contributed by atoms with Gasteiger partial charge in [0, 0.05) is 29.8 Å². The summed E-state index contributed by atoms with van der Waals surface area (Å²) >= 11 is 0. The highest BCUT2D eigenvalue weighted by Crippen LogP contribution is 2.29. The van der Waals surface area contributed by atoms with Gasteiger partial charge in [-0.15, -0.1) is 0 Å². The molecule has 8 heteroatoms. The number of nitrogens with zero attached hydrogens (tertiary/aromatic N) is 3. The Morgan fingerprint density at radius 2 is 1.86 bits per heavy atom. The van der Waals surface area contributed by atoms with Gasteiger partial charge in [-0.1, -0.05) is 0 Å². The van der Waals surface area contributed by atoms with E-state index < -0.39 is 16.7 Å². The van der Waals surface area contributed by atoms with Crippen LogP contribution in [0.15, 0.2) is 57.5 Å². The molecule has 140 valence electrons. The lowest BCUT2D eigenvalue weighted by atomic mass is 9.95. The molecule has 2 heterocycles. The third-order valence-electron chi connectivity index (χ3n) is 4.42. The van der Waals surface area contributed by atoms with Gasteiger partial charge in [-0.2, -0.15) is 5.26 Å². The predicted octanol–water partition coefficient (Wildman–Crippen LogP) is 3.47. The molecule has 0 unspecified atom stereocenters. The number of hydrogen-bond donors (Lipinski definition) is 0. The van der Waals surface area contributed by atoms with Crippen LogP contribution in [0.4, 0.5) is 5.69 Å². The van der Waals surface area contributed by atoms with Crippen LogP contribution in [0.1, 0.15) is 19.6 Å². The smallest absolute Gasteiger partial charge is 0.271 e. The predicted molar refractivity (Wildman–Crippen MR) is 99.5 cm³/mol. The van der Waals surface area contributed by atoms with Gasteiger partial charge >= 0.3 is 0 Å². The van der Waals surface area contributed by atoms with E-state index in [0.717, 1.165) is 4.90 Å². The highest BCUT2D eigenvalue weighted by atomic mass is 16.6. The zero-order valence-corrected chi connectivity index (χ0v) is 15.1. The molecule has 0 spiro atoms. The molecule has 3 rings (SSSR count). The maximum absolute atomic E-state index is 12.6. The minimum absolute atomic E-state index is 0.0282. The zero-order chi connectivity index (χ0) is 20.4. The first-order valence-electron chi connectivity index (χ1n) is 8.41. The lowest BCUT2D eigenvalue weighted by Crippen LogP contribution is -2.42. The minimum atomic E-state index is -0.601. The number of nitriles is 1. The van der Waals surface area contributed by atoms with E-state index in [1.54, 1.807) is 38.1 Å². The number of hydrogen-bond acceptors (Lipinski definition) is 6. The van der Waals surface area contributed by atoms with Gasteiger partial charge in [0.05, 0.1) is 4.92 Å². The number of rotatable bonds is 4. The SMILES string of the molecule is CCN1C(=O)C(C#N)=C(C)/C(=C\c2ccc(-c3ccc([N+](=O)[O-])cc3)o2)C1=O. The highest BCUT2D eigenvalue weighted by Gasteiger charge is 2.34. The van der Waals surface area contributed by atoms with Crippen molar-refractivity contribution in [2.75, 3.05) is 6.54 Å². The summed E-state index contributed by atoms with van der Waals surface area (Å²) in [4.78, 5) is 36.1. The Hall–Kier alpha value is -3.99. The second kappa shape index (κ2) is 7.32. The van der Waals surface area contributed by atoms with E-state index in [0.29, 0.717) is 22.7 Å². The van der Waals surface area contributed by atoms with E-state index in [2.05, 4.69) is 0 Å². The fourth-order valence-corrected chi connectivity index (χ4v) is 2.89. The fourth-order valence-electron chi connectivity index (χ4n) is 2.89. The molecule has 0 saturated carbocycles. The first-order valence-corrected chi connectivity index (χ1v) is 8.41. The molecular formula is C20H15N3O5. The Morgan fingerprint density at radius 3 is 2.43 bits per heavy atom. The number of amides is 2. The summed E-state index contributed by atoms with van der Waals surface area (Å²) < 4.78 is 5.73. The van der Waals surface area contributed by atoms with Crippen molar-refractivity contribution in [2.45, 2.75) is 13.8 Å². The van der Waals surface area contributed by atoms with Crippen LogP contribution in [-0.2, 0) is 9.59 Å². The lowest BCUT2D eigenvalue weighted by molar-refractivity contribution is -0.384. The van der Waals surface area contributed by atoms with Crippen molar-refractivity contribution >= 4 is 23.6 Å². The molecule has 0 aliphatic carbocycles. The second-order valence-corrected chi connectivity index (χ2v) is 6.03. The fraction of sp³-hybridized carbons (Fsp3) is 0.150. The molecule has 1 aromatic carbocycles. The molecular weight excluding hydrogens is 362 g/mol. The Labute approximate surface area is 160 Å². The Bertz CT molecular complexity index is 1080. The number of nitro groups is 1. The van der Waals surface area contributed by atoms with Crippen molar-refractivity contribution in [3.63, 3.8) is 0 Å². The maximum atomic E-state index is 12.6. The molecule has 0 fully saturated rings. The van der Waals surface area contributed by atoms with Crippen molar-refractivity contribution in [3.8, 4) is 17.4 Å². The number of nitro benzene ring substituents is 1. The van der Waals surface area contributed by atoms with Crippen LogP contribution in [0.3, 0.4) is 0 Å². The van der Waals surface area contributed by atoms with Crippen LogP contribution in [0.25, 0.3) is 17.4 Å². The van der Waals surface area contributed by atoms with Crippen LogP contribution < -0.4 is 0 Å². The number of carbonyl (C=O) groups excluding carboxylic acids is 2. The van der Waals surface area contributed by atoms with Gasteiger partial charge in [-0.3, -0.25) is 24.6 Å². The van der Waals surface area contributed by atoms with Crippen LogP contribution in [0.5, 0.6) is 0 Å². The van der Waals surface area contributed by atoms with E-state index in [-0.39, 0.29) is 23.4 Å². The molecule has 2 amide bonds. The second-order valence-electron chi connectivity index (χ2n) is 6.03. The van der Waals surface area contributed by atoms with E-state index in [9.17, 15) is 25.0 Å². The first kappa shape index (κ1) is 18.8. The molecule has 1 aliphatic rings. The quantitative estimate of drug-likeness (QED) is 0.348. The summed E-state index contributed by atoms with van der Waals surface area (Å²) in [6.45, 7) is 3.36. The lowest BCUT2D eigenvalue weighted by Gasteiger charge is -2.25. The van der Waals surface area contributed by atoms with E-state index >= 15 is 0 Å². The van der Waals surface area contributed by atoms with Crippen LogP contribution in [-0.4, -0.2) is 28.2 Å². The first-order chi connectivity index (χ1) is 13.4. The van der Waals surface area contributed by atoms with Crippen LogP contribution >= 0.6 is 0 Å². The average Bonchev–Trinajstić information content (AvgIpc) is 3.15. The number of imide groups is 1. The van der Waals surface area contributed by atoms with Gasteiger partial charge in [0.25, 0.3) is 17.5 Å². The molecule has 0 N–H and O–H groups in total. The highest BCUT2D eigenvalue weighted by molar-refractivity contribution is 6.19. The normalized spacial score (nSPS) is 15.9. The molecule has 0 atom stereocenters.